The average Bonchev–Trinajstić information content (AvgIpc) is 2.91. The van der Waals surface area contributed by atoms with Crippen molar-refractivity contribution in [1.29, 1.82) is 0 Å². The van der Waals surface area contributed by atoms with Gasteiger partial charge in [0.2, 0.25) is 5.95 Å². The fraction of sp³-hybridized carbons (Fsp3) is 0.316. The lowest BCUT2D eigenvalue weighted by atomic mass is 10.2. The molecule has 1 heterocycles. The summed E-state index contributed by atoms with van der Waals surface area (Å²) < 4.78 is 15.3. The number of benzene rings is 2. The maximum absolute atomic E-state index is 13.1. The quantitative estimate of drug-likeness (QED) is 0.674. The molecule has 0 atom stereocenters. The lowest BCUT2D eigenvalue weighted by Gasteiger charge is -2.13. The predicted molar refractivity (Wildman–Crippen MR) is 96.9 cm³/mol. The number of nitrogens with zero attached hydrogens (tertiary/aromatic N) is 3. The number of halogens is 1. The molecular formula is C19H23FN4. The van der Waals surface area contributed by atoms with Crippen molar-refractivity contribution < 1.29 is 4.39 Å². The fourth-order valence-corrected chi connectivity index (χ4v) is 2.74. The van der Waals surface area contributed by atoms with Gasteiger partial charge in [0.15, 0.2) is 0 Å². The Hall–Kier alpha value is -2.40. The second-order valence-electron chi connectivity index (χ2n) is 6.22. The Morgan fingerprint density at radius 3 is 2.58 bits per heavy atom. The van der Waals surface area contributed by atoms with E-state index in [1.165, 1.54) is 12.1 Å². The first-order valence-electron chi connectivity index (χ1n) is 8.22. The minimum atomic E-state index is -0.212. The largest absolute Gasteiger partial charge is 0.356 e. The Bertz CT molecular complexity index is 793. The number of imidazole rings is 1. The van der Waals surface area contributed by atoms with E-state index in [2.05, 4.69) is 34.9 Å². The lowest BCUT2D eigenvalue weighted by Crippen LogP contribution is -2.17. The smallest absolute Gasteiger partial charge is 0.204 e. The number of aromatic nitrogens is 2. The molecule has 0 fully saturated rings. The van der Waals surface area contributed by atoms with Crippen molar-refractivity contribution in [3.8, 4) is 0 Å². The summed E-state index contributed by atoms with van der Waals surface area (Å²) in [5, 5.41) is 3.44. The summed E-state index contributed by atoms with van der Waals surface area (Å²) >= 11 is 0. The van der Waals surface area contributed by atoms with Gasteiger partial charge in [0.25, 0.3) is 0 Å². The Balaban J connectivity index is 1.83. The molecule has 0 bridgehead atoms. The normalized spacial score (nSPS) is 11.3. The number of hydrogen-bond donors (Lipinski definition) is 1. The molecule has 24 heavy (non-hydrogen) atoms. The molecule has 4 nitrogen and oxygen atoms in total. The van der Waals surface area contributed by atoms with Crippen LogP contribution in [0.2, 0.25) is 0 Å². The minimum absolute atomic E-state index is 0.212. The van der Waals surface area contributed by atoms with Crippen LogP contribution in [0.25, 0.3) is 11.0 Å². The molecule has 1 N–H and O–H groups in total. The van der Waals surface area contributed by atoms with Gasteiger partial charge in [-0.3, -0.25) is 0 Å². The summed E-state index contributed by atoms with van der Waals surface area (Å²) in [4.78, 5) is 6.88. The number of nitrogens with one attached hydrogen (secondary N) is 1. The van der Waals surface area contributed by atoms with Crippen molar-refractivity contribution in [3.05, 3.63) is 59.9 Å². The van der Waals surface area contributed by atoms with Crippen LogP contribution in [0.15, 0.2) is 48.5 Å². The monoisotopic (exact) mass is 326 g/mol. The Morgan fingerprint density at radius 2 is 1.83 bits per heavy atom. The zero-order chi connectivity index (χ0) is 16.9. The second kappa shape index (κ2) is 7.45. The van der Waals surface area contributed by atoms with Crippen molar-refractivity contribution in [2.24, 2.45) is 0 Å². The molecule has 5 heteroatoms. The summed E-state index contributed by atoms with van der Waals surface area (Å²) in [6.45, 7) is 2.56. The second-order valence-corrected chi connectivity index (χ2v) is 6.22. The number of anilines is 1. The summed E-state index contributed by atoms with van der Waals surface area (Å²) in [5.41, 5.74) is 3.10. The molecule has 0 aliphatic heterocycles. The SMILES string of the molecule is CN(C)CCCNc1nc2ccccc2n1Cc1ccc(F)cc1. The van der Waals surface area contributed by atoms with Gasteiger partial charge in [0.1, 0.15) is 5.82 Å². The van der Waals surface area contributed by atoms with Gasteiger partial charge >= 0.3 is 0 Å². The molecule has 0 amide bonds. The molecule has 1 aromatic heterocycles. The van der Waals surface area contributed by atoms with Crippen LogP contribution in [0.5, 0.6) is 0 Å². The molecule has 3 aromatic rings. The van der Waals surface area contributed by atoms with E-state index < -0.39 is 0 Å². The standard InChI is InChI=1S/C19H23FN4/c1-23(2)13-5-12-21-19-22-17-6-3-4-7-18(17)24(19)14-15-8-10-16(20)11-9-15/h3-4,6-11H,5,12-14H2,1-2H3,(H,21,22). The van der Waals surface area contributed by atoms with Crippen LogP contribution >= 0.6 is 0 Å². The van der Waals surface area contributed by atoms with E-state index >= 15 is 0 Å². The molecule has 2 aromatic carbocycles. The van der Waals surface area contributed by atoms with Crippen LogP contribution in [-0.4, -0.2) is 41.6 Å². The third-order valence-electron chi connectivity index (χ3n) is 3.97. The zero-order valence-corrected chi connectivity index (χ0v) is 14.2. The van der Waals surface area contributed by atoms with Gasteiger partial charge in [0, 0.05) is 6.54 Å². The van der Waals surface area contributed by atoms with E-state index in [9.17, 15) is 4.39 Å². The number of fused-ring (bicyclic) bond motifs is 1. The van der Waals surface area contributed by atoms with Crippen LogP contribution in [0, 0.1) is 5.82 Å². The highest BCUT2D eigenvalue weighted by Gasteiger charge is 2.10. The van der Waals surface area contributed by atoms with Crippen molar-refractivity contribution in [2.45, 2.75) is 13.0 Å². The first-order chi connectivity index (χ1) is 11.6. The summed E-state index contributed by atoms with van der Waals surface area (Å²) in [6.07, 6.45) is 1.05. The zero-order valence-electron chi connectivity index (χ0n) is 14.2. The molecule has 0 spiro atoms. The van der Waals surface area contributed by atoms with Crippen molar-refractivity contribution >= 4 is 17.0 Å². The topological polar surface area (TPSA) is 33.1 Å². The summed E-state index contributed by atoms with van der Waals surface area (Å²) in [5.74, 6) is 0.649. The average molecular weight is 326 g/mol. The highest BCUT2D eigenvalue weighted by atomic mass is 19.1. The van der Waals surface area contributed by atoms with Crippen molar-refractivity contribution in [3.63, 3.8) is 0 Å². The Morgan fingerprint density at radius 1 is 1.08 bits per heavy atom. The first kappa shape index (κ1) is 16.5. The van der Waals surface area contributed by atoms with Gasteiger partial charge in [-0.1, -0.05) is 24.3 Å². The van der Waals surface area contributed by atoms with Crippen LogP contribution in [0.4, 0.5) is 10.3 Å². The Kier molecular flexibility index (Phi) is 5.11. The molecule has 0 aliphatic rings. The minimum Gasteiger partial charge on any atom is -0.356 e. The van der Waals surface area contributed by atoms with E-state index in [0.29, 0.717) is 6.54 Å². The third kappa shape index (κ3) is 3.92. The number of rotatable bonds is 7. The molecule has 0 saturated heterocycles. The fourth-order valence-electron chi connectivity index (χ4n) is 2.74. The van der Waals surface area contributed by atoms with E-state index in [4.69, 9.17) is 4.98 Å². The lowest BCUT2D eigenvalue weighted by molar-refractivity contribution is 0.405. The van der Waals surface area contributed by atoms with Crippen molar-refractivity contribution in [1.82, 2.24) is 14.5 Å². The van der Waals surface area contributed by atoms with Gasteiger partial charge in [-0.25, -0.2) is 9.37 Å². The van der Waals surface area contributed by atoms with Gasteiger partial charge in [-0.2, -0.15) is 0 Å². The molecule has 3 rings (SSSR count). The van der Waals surface area contributed by atoms with E-state index in [-0.39, 0.29) is 5.82 Å². The van der Waals surface area contributed by atoms with Gasteiger partial charge < -0.3 is 14.8 Å². The van der Waals surface area contributed by atoms with E-state index in [1.807, 2.05) is 30.3 Å². The number of para-hydroxylation sites is 2. The van der Waals surface area contributed by atoms with E-state index in [1.54, 1.807) is 0 Å². The van der Waals surface area contributed by atoms with Crippen LogP contribution in [0.3, 0.4) is 0 Å². The summed E-state index contributed by atoms with van der Waals surface area (Å²) in [7, 11) is 4.15. The molecule has 0 saturated carbocycles. The number of hydrogen-bond acceptors (Lipinski definition) is 3. The van der Waals surface area contributed by atoms with Gasteiger partial charge in [0.05, 0.1) is 17.6 Å². The van der Waals surface area contributed by atoms with Crippen molar-refractivity contribution in [2.75, 3.05) is 32.5 Å². The Labute approximate surface area is 141 Å². The summed E-state index contributed by atoms with van der Waals surface area (Å²) in [6, 6.07) is 14.7. The molecule has 126 valence electrons. The molecular weight excluding hydrogens is 303 g/mol. The van der Waals surface area contributed by atoms with Crippen LogP contribution < -0.4 is 5.32 Å². The predicted octanol–water partition coefficient (Wildman–Crippen LogP) is 3.59. The van der Waals surface area contributed by atoms with E-state index in [0.717, 1.165) is 42.1 Å². The molecule has 0 unspecified atom stereocenters. The highest BCUT2D eigenvalue weighted by molar-refractivity contribution is 5.78. The maximum Gasteiger partial charge on any atom is 0.204 e. The van der Waals surface area contributed by atoms with Gasteiger partial charge in [-0.05, 0) is 56.9 Å². The first-order valence-corrected chi connectivity index (χ1v) is 8.22. The molecule has 0 aliphatic carbocycles. The van der Waals surface area contributed by atoms with Crippen LogP contribution in [0.1, 0.15) is 12.0 Å². The molecule has 0 radical (unpaired) electrons. The third-order valence-corrected chi connectivity index (χ3v) is 3.97. The maximum atomic E-state index is 13.1. The van der Waals surface area contributed by atoms with Gasteiger partial charge in [-0.15, -0.1) is 0 Å². The highest BCUT2D eigenvalue weighted by Crippen LogP contribution is 2.21. The van der Waals surface area contributed by atoms with Crippen LogP contribution in [-0.2, 0) is 6.54 Å².